The van der Waals surface area contributed by atoms with Gasteiger partial charge in [-0.2, -0.15) is 0 Å². The van der Waals surface area contributed by atoms with Gasteiger partial charge in [0.15, 0.2) is 0 Å². The fraction of sp³-hybridized carbons (Fsp3) is 0.316. The van der Waals surface area contributed by atoms with Crippen LogP contribution in [-0.2, 0) is 19.4 Å². The molecule has 1 N–H and O–H groups in total. The average Bonchev–Trinajstić information content (AvgIpc) is 3.04. The number of carbonyl (C=O) groups excluding carboxylic acids is 1. The first kappa shape index (κ1) is 15.6. The van der Waals surface area contributed by atoms with Crippen LogP contribution in [0.4, 0.5) is 0 Å². The number of fused-ring (bicyclic) bond motifs is 3. The van der Waals surface area contributed by atoms with Crippen molar-refractivity contribution >= 4 is 16.8 Å². The normalized spacial score (nSPS) is 13.8. The second kappa shape index (κ2) is 6.20. The number of hydrogen-bond donors (Lipinski definition) is 1. The Morgan fingerprint density at radius 1 is 1.32 bits per heavy atom. The largest absolute Gasteiger partial charge is 0.497 e. The van der Waals surface area contributed by atoms with Gasteiger partial charge >= 0.3 is 0 Å². The molecule has 3 aromatic rings. The zero-order chi connectivity index (χ0) is 17.4. The van der Waals surface area contributed by atoms with Crippen LogP contribution >= 0.6 is 0 Å². The zero-order valence-corrected chi connectivity index (χ0v) is 14.4. The molecule has 0 unspecified atom stereocenters. The summed E-state index contributed by atoms with van der Waals surface area (Å²) in [4.78, 5) is 26.6. The molecule has 3 heterocycles. The SMILES string of the molecule is CCc1ncc(C(=O)N2CCc3[nH]c4ccc(OC)cc4c3C2)cn1. The predicted molar refractivity (Wildman–Crippen MR) is 94.7 cm³/mol. The van der Waals surface area contributed by atoms with Gasteiger partial charge in [-0.3, -0.25) is 4.79 Å². The number of hydrogen-bond acceptors (Lipinski definition) is 4. The minimum Gasteiger partial charge on any atom is -0.497 e. The highest BCUT2D eigenvalue weighted by Crippen LogP contribution is 2.30. The third kappa shape index (κ3) is 2.73. The van der Waals surface area contributed by atoms with Gasteiger partial charge in [0.2, 0.25) is 0 Å². The fourth-order valence-corrected chi connectivity index (χ4v) is 3.32. The average molecular weight is 336 g/mol. The number of carbonyl (C=O) groups is 1. The first-order valence-electron chi connectivity index (χ1n) is 8.47. The molecule has 6 heteroatoms. The lowest BCUT2D eigenvalue weighted by Gasteiger charge is -2.27. The molecule has 0 spiro atoms. The van der Waals surface area contributed by atoms with E-state index in [1.807, 2.05) is 30.0 Å². The summed E-state index contributed by atoms with van der Waals surface area (Å²) in [6.07, 6.45) is 4.83. The number of aromatic nitrogens is 3. The number of ether oxygens (including phenoxy) is 1. The van der Waals surface area contributed by atoms with Crippen LogP contribution < -0.4 is 4.74 Å². The molecule has 1 aromatic carbocycles. The summed E-state index contributed by atoms with van der Waals surface area (Å²) in [5, 5.41) is 1.12. The van der Waals surface area contributed by atoms with Gasteiger partial charge in [-0.05, 0) is 18.2 Å². The molecule has 2 aromatic heterocycles. The third-order valence-electron chi connectivity index (χ3n) is 4.74. The Kier molecular flexibility index (Phi) is 3.87. The molecule has 128 valence electrons. The van der Waals surface area contributed by atoms with E-state index in [0.717, 1.165) is 35.3 Å². The van der Waals surface area contributed by atoms with E-state index >= 15 is 0 Å². The molecule has 1 amide bonds. The number of aromatic amines is 1. The summed E-state index contributed by atoms with van der Waals surface area (Å²) in [7, 11) is 1.66. The van der Waals surface area contributed by atoms with E-state index in [9.17, 15) is 4.79 Å². The van der Waals surface area contributed by atoms with Gasteiger partial charge in [0.05, 0.1) is 12.7 Å². The van der Waals surface area contributed by atoms with Crippen molar-refractivity contribution in [2.24, 2.45) is 0 Å². The highest BCUT2D eigenvalue weighted by atomic mass is 16.5. The standard InChI is InChI=1S/C19H20N4O2/c1-3-18-20-9-12(10-21-18)19(24)23-7-6-17-15(11-23)14-8-13(25-2)4-5-16(14)22-17/h4-5,8-10,22H,3,6-7,11H2,1-2H3. The molecule has 0 fully saturated rings. The maximum absolute atomic E-state index is 12.8. The molecule has 1 aliphatic rings. The van der Waals surface area contributed by atoms with Gasteiger partial charge in [0.1, 0.15) is 11.6 Å². The number of nitrogens with zero attached hydrogens (tertiary/aromatic N) is 3. The lowest BCUT2D eigenvalue weighted by molar-refractivity contribution is 0.0734. The van der Waals surface area contributed by atoms with E-state index in [1.165, 1.54) is 11.3 Å². The minimum atomic E-state index is -0.0226. The molecule has 6 nitrogen and oxygen atoms in total. The smallest absolute Gasteiger partial charge is 0.257 e. The van der Waals surface area contributed by atoms with Gasteiger partial charge in [0.25, 0.3) is 5.91 Å². The van der Waals surface area contributed by atoms with Crippen molar-refractivity contribution in [2.45, 2.75) is 26.3 Å². The van der Waals surface area contributed by atoms with Crippen LogP contribution in [0.3, 0.4) is 0 Å². The Hall–Kier alpha value is -2.89. The summed E-state index contributed by atoms with van der Waals surface area (Å²) >= 11 is 0. The van der Waals surface area contributed by atoms with Gasteiger partial charge < -0.3 is 14.6 Å². The fourth-order valence-electron chi connectivity index (χ4n) is 3.32. The van der Waals surface area contributed by atoms with Crippen LogP contribution in [0.15, 0.2) is 30.6 Å². The number of amides is 1. The van der Waals surface area contributed by atoms with E-state index in [-0.39, 0.29) is 5.91 Å². The number of rotatable bonds is 3. The first-order chi connectivity index (χ1) is 12.2. The summed E-state index contributed by atoms with van der Waals surface area (Å²) in [5.74, 6) is 1.55. The number of methoxy groups -OCH3 is 1. The maximum Gasteiger partial charge on any atom is 0.257 e. The quantitative estimate of drug-likeness (QED) is 0.798. The van der Waals surface area contributed by atoms with Crippen molar-refractivity contribution in [3.05, 3.63) is 53.2 Å². The molecule has 25 heavy (non-hydrogen) atoms. The Balaban J connectivity index is 1.64. The number of H-pyrrole nitrogens is 1. The summed E-state index contributed by atoms with van der Waals surface area (Å²) < 4.78 is 5.34. The molecule has 4 rings (SSSR count). The van der Waals surface area contributed by atoms with Crippen LogP contribution in [0.5, 0.6) is 5.75 Å². The topological polar surface area (TPSA) is 71.1 Å². The number of aryl methyl sites for hydroxylation is 1. The Labute approximate surface area is 145 Å². The Morgan fingerprint density at radius 2 is 2.12 bits per heavy atom. The zero-order valence-electron chi connectivity index (χ0n) is 14.4. The van der Waals surface area contributed by atoms with E-state index in [1.54, 1.807) is 19.5 Å². The molecule has 0 aliphatic carbocycles. The second-order valence-corrected chi connectivity index (χ2v) is 6.21. The number of nitrogens with one attached hydrogen (secondary N) is 1. The Bertz CT molecular complexity index is 930. The van der Waals surface area contributed by atoms with E-state index in [0.29, 0.717) is 18.7 Å². The highest BCUT2D eigenvalue weighted by molar-refractivity contribution is 5.94. The van der Waals surface area contributed by atoms with E-state index in [4.69, 9.17) is 4.74 Å². The van der Waals surface area contributed by atoms with Crippen LogP contribution in [0, 0.1) is 0 Å². The van der Waals surface area contributed by atoms with Crippen molar-refractivity contribution in [1.29, 1.82) is 0 Å². The van der Waals surface area contributed by atoms with Crippen LogP contribution in [0.25, 0.3) is 10.9 Å². The molecule has 0 saturated heterocycles. The van der Waals surface area contributed by atoms with Crippen molar-refractivity contribution in [3.8, 4) is 5.75 Å². The number of benzene rings is 1. The van der Waals surface area contributed by atoms with Gasteiger partial charge in [-0.25, -0.2) is 9.97 Å². The molecule has 0 atom stereocenters. The van der Waals surface area contributed by atoms with Crippen molar-refractivity contribution < 1.29 is 9.53 Å². The van der Waals surface area contributed by atoms with Crippen molar-refractivity contribution in [1.82, 2.24) is 19.9 Å². The van der Waals surface area contributed by atoms with Crippen LogP contribution in [0.2, 0.25) is 0 Å². The lowest BCUT2D eigenvalue weighted by Crippen LogP contribution is -2.36. The Morgan fingerprint density at radius 3 is 2.84 bits per heavy atom. The molecular weight excluding hydrogens is 316 g/mol. The van der Waals surface area contributed by atoms with Gasteiger partial charge in [-0.15, -0.1) is 0 Å². The van der Waals surface area contributed by atoms with E-state index in [2.05, 4.69) is 15.0 Å². The first-order valence-corrected chi connectivity index (χ1v) is 8.47. The van der Waals surface area contributed by atoms with Gasteiger partial charge in [-0.1, -0.05) is 6.92 Å². The second-order valence-electron chi connectivity index (χ2n) is 6.21. The highest BCUT2D eigenvalue weighted by Gasteiger charge is 2.25. The van der Waals surface area contributed by atoms with Crippen molar-refractivity contribution in [2.75, 3.05) is 13.7 Å². The van der Waals surface area contributed by atoms with E-state index < -0.39 is 0 Å². The summed E-state index contributed by atoms with van der Waals surface area (Å²) in [6.45, 7) is 3.26. The monoisotopic (exact) mass is 336 g/mol. The molecule has 0 radical (unpaired) electrons. The molecular formula is C19H20N4O2. The predicted octanol–water partition coefficient (Wildman–Crippen LogP) is 2.73. The molecule has 1 aliphatic heterocycles. The lowest BCUT2D eigenvalue weighted by atomic mass is 10.0. The summed E-state index contributed by atoms with van der Waals surface area (Å²) in [6, 6.07) is 5.99. The van der Waals surface area contributed by atoms with Crippen LogP contribution in [0.1, 0.15) is 34.4 Å². The van der Waals surface area contributed by atoms with Gasteiger partial charge in [0, 0.05) is 60.5 Å². The third-order valence-corrected chi connectivity index (χ3v) is 4.74. The van der Waals surface area contributed by atoms with Crippen LogP contribution in [-0.4, -0.2) is 39.4 Å². The maximum atomic E-state index is 12.8. The minimum absolute atomic E-state index is 0.0226. The summed E-state index contributed by atoms with van der Waals surface area (Å²) in [5.41, 5.74) is 3.98. The van der Waals surface area contributed by atoms with Crippen molar-refractivity contribution in [3.63, 3.8) is 0 Å². The molecule has 0 saturated carbocycles. The molecule has 0 bridgehead atoms.